The van der Waals surface area contributed by atoms with Gasteiger partial charge in [0.1, 0.15) is 5.82 Å². The van der Waals surface area contributed by atoms with Crippen molar-refractivity contribution in [2.24, 2.45) is 0 Å². The number of esters is 1. The molecule has 0 bridgehead atoms. The van der Waals surface area contributed by atoms with E-state index < -0.39 is 0 Å². The number of benzene rings is 1. The number of methoxy groups -OCH3 is 1. The number of hydrogen-bond donors (Lipinski definition) is 1. The molecule has 94 valence electrons. The molecule has 0 saturated carbocycles. The maximum atomic E-state index is 12.7. The van der Waals surface area contributed by atoms with Crippen molar-refractivity contribution in [3.05, 3.63) is 35.6 Å². The number of carbonyl (C=O) groups excluding carboxylic acids is 1. The van der Waals surface area contributed by atoms with Crippen LogP contribution in [0.5, 0.6) is 0 Å². The van der Waals surface area contributed by atoms with Crippen molar-refractivity contribution in [3.63, 3.8) is 0 Å². The van der Waals surface area contributed by atoms with Gasteiger partial charge in [0.2, 0.25) is 0 Å². The summed E-state index contributed by atoms with van der Waals surface area (Å²) in [6.07, 6.45) is 0.321. The van der Waals surface area contributed by atoms with Gasteiger partial charge < -0.3 is 10.1 Å². The van der Waals surface area contributed by atoms with Crippen molar-refractivity contribution in [2.45, 2.75) is 32.4 Å². The molecule has 1 N–H and O–H groups in total. The van der Waals surface area contributed by atoms with Crippen molar-refractivity contribution in [1.82, 2.24) is 5.32 Å². The first-order chi connectivity index (χ1) is 8.02. The fraction of sp³-hybridized carbons (Fsp3) is 0.462. The molecule has 0 fully saturated rings. The van der Waals surface area contributed by atoms with E-state index in [0.29, 0.717) is 6.42 Å². The summed E-state index contributed by atoms with van der Waals surface area (Å²) < 4.78 is 17.3. The van der Waals surface area contributed by atoms with Crippen molar-refractivity contribution >= 4 is 5.97 Å². The summed E-state index contributed by atoms with van der Waals surface area (Å²) in [6, 6.07) is 6.41. The van der Waals surface area contributed by atoms with Crippen LogP contribution >= 0.6 is 0 Å². The standard InChI is InChI=1S/C13H18FNO2/c1-9(8-13(16)17-3)15-10(2)11-4-6-12(14)7-5-11/h4-7,9-10,15H,8H2,1-3H3. The van der Waals surface area contributed by atoms with Gasteiger partial charge in [-0.25, -0.2) is 4.39 Å². The Morgan fingerprint density at radius 3 is 2.47 bits per heavy atom. The molecule has 0 aliphatic carbocycles. The van der Waals surface area contributed by atoms with Crippen LogP contribution in [0.1, 0.15) is 31.9 Å². The van der Waals surface area contributed by atoms with Gasteiger partial charge in [-0.15, -0.1) is 0 Å². The number of rotatable bonds is 5. The Labute approximate surface area is 101 Å². The van der Waals surface area contributed by atoms with Crippen LogP contribution in [-0.2, 0) is 9.53 Å². The number of ether oxygens (including phenoxy) is 1. The molecule has 3 nitrogen and oxygen atoms in total. The van der Waals surface area contributed by atoms with Crippen LogP contribution in [-0.4, -0.2) is 19.1 Å². The van der Waals surface area contributed by atoms with Crippen molar-refractivity contribution in [3.8, 4) is 0 Å². The summed E-state index contributed by atoms with van der Waals surface area (Å²) in [6.45, 7) is 3.89. The Bertz CT molecular complexity index is 364. The second-order valence-corrected chi connectivity index (χ2v) is 4.12. The molecule has 2 atom stereocenters. The van der Waals surface area contributed by atoms with E-state index in [2.05, 4.69) is 10.1 Å². The molecule has 4 heteroatoms. The highest BCUT2D eigenvalue weighted by Gasteiger charge is 2.13. The molecule has 0 heterocycles. The minimum absolute atomic E-state index is 0.0162. The van der Waals surface area contributed by atoms with Gasteiger partial charge >= 0.3 is 5.97 Å². The van der Waals surface area contributed by atoms with Gasteiger partial charge in [-0.1, -0.05) is 12.1 Å². The third-order valence-electron chi connectivity index (χ3n) is 2.61. The van der Waals surface area contributed by atoms with Gasteiger partial charge in [-0.2, -0.15) is 0 Å². The van der Waals surface area contributed by atoms with E-state index >= 15 is 0 Å². The van der Waals surface area contributed by atoms with Crippen LogP contribution in [0.4, 0.5) is 4.39 Å². The smallest absolute Gasteiger partial charge is 0.307 e. The predicted molar refractivity (Wildman–Crippen MR) is 64.0 cm³/mol. The van der Waals surface area contributed by atoms with E-state index in [1.165, 1.54) is 19.2 Å². The lowest BCUT2D eigenvalue weighted by molar-refractivity contribution is -0.141. The Morgan fingerprint density at radius 1 is 1.35 bits per heavy atom. The molecule has 2 unspecified atom stereocenters. The second kappa shape index (κ2) is 6.35. The van der Waals surface area contributed by atoms with Crippen LogP contribution in [0.15, 0.2) is 24.3 Å². The van der Waals surface area contributed by atoms with Gasteiger partial charge in [0.25, 0.3) is 0 Å². The number of halogens is 1. The first-order valence-corrected chi connectivity index (χ1v) is 5.61. The number of nitrogens with one attached hydrogen (secondary N) is 1. The predicted octanol–water partition coefficient (Wildman–Crippen LogP) is 2.43. The Morgan fingerprint density at radius 2 is 1.94 bits per heavy atom. The van der Waals surface area contributed by atoms with Crippen molar-refractivity contribution < 1.29 is 13.9 Å². The maximum Gasteiger partial charge on any atom is 0.307 e. The van der Waals surface area contributed by atoms with Crippen LogP contribution in [0.25, 0.3) is 0 Å². The lowest BCUT2D eigenvalue weighted by Gasteiger charge is -2.19. The maximum absolute atomic E-state index is 12.7. The first-order valence-electron chi connectivity index (χ1n) is 5.61. The summed E-state index contributed by atoms with van der Waals surface area (Å²) in [5.41, 5.74) is 0.989. The largest absolute Gasteiger partial charge is 0.469 e. The van der Waals surface area contributed by atoms with Crippen LogP contribution in [0, 0.1) is 5.82 Å². The fourth-order valence-corrected chi connectivity index (χ4v) is 1.67. The molecule has 0 amide bonds. The summed E-state index contributed by atoms with van der Waals surface area (Å²) in [7, 11) is 1.37. The van der Waals surface area contributed by atoms with Crippen LogP contribution < -0.4 is 5.32 Å². The molecule has 0 radical (unpaired) electrons. The van der Waals surface area contributed by atoms with Gasteiger partial charge in [0, 0.05) is 12.1 Å². The molecular weight excluding hydrogens is 221 g/mol. The van der Waals surface area contributed by atoms with Gasteiger partial charge in [-0.05, 0) is 31.5 Å². The Kier molecular flexibility index (Phi) is 5.10. The zero-order valence-corrected chi connectivity index (χ0v) is 10.4. The molecule has 17 heavy (non-hydrogen) atoms. The van der Waals surface area contributed by atoms with Crippen LogP contribution in [0.2, 0.25) is 0 Å². The monoisotopic (exact) mass is 239 g/mol. The molecule has 0 spiro atoms. The second-order valence-electron chi connectivity index (χ2n) is 4.12. The quantitative estimate of drug-likeness (QED) is 0.802. The molecule has 1 aromatic rings. The SMILES string of the molecule is COC(=O)CC(C)NC(C)c1ccc(F)cc1. The van der Waals surface area contributed by atoms with Crippen molar-refractivity contribution in [1.29, 1.82) is 0 Å². The summed E-state index contributed by atoms with van der Waals surface area (Å²) in [5.74, 6) is -0.486. The minimum Gasteiger partial charge on any atom is -0.469 e. The zero-order chi connectivity index (χ0) is 12.8. The highest BCUT2D eigenvalue weighted by molar-refractivity contribution is 5.69. The number of hydrogen-bond acceptors (Lipinski definition) is 3. The summed E-state index contributed by atoms with van der Waals surface area (Å²) >= 11 is 0. The van der Waals surface area contributed by atoms with E-state index in [4.69, 9.17) is 0 Å². The summed E-state index contributed by atoms with van der Waals surface area (Å²) in [4.78, 5) is 11.1. The van der Waals surface area contributed by atoms with E-state index in [9.17, 15) is 9.18 Å². The molecule has 1 rings (SSSR count). The van der Waals surface area contributed by atoms with E-state index in [1.54, 1.807) is 12.1 Å². The molecule has 0 saturated heterocycles. The summed E-state index contributed by atoms with van der Waals surface area (Å²) in [5, 5.41) is 3.26. The highest BCUT2D eigenvalue weighted by atomic mass is 19.1. The average Bonchev–Trinajstić information content (AvgIpc) is 2.29. The highest BCUT2D eigenvalue weighted by Crippen LogP contribution is 2.14. The third kappa shape index (κ3) is 4.53. The lowest BCUT2D eigenvalue weighted by Crippen LogP contribution is -2.31. The van der Waals surface area contributed by atoms with Gasteiger partial charge in [0.05, 0.1) is 13.5 Å². The van der Waals surface area contributed by atoms with Gasteiger partial charge in [-0.3, -0.25) is 4.79 Å². The molecular formula is C13H18FNO2. The Hall–Kier alpha value is -1.42. The minimum atomic E-state index is -0.247. The number of carbonyl (C=O) groups is 1. The Balaban J connectivity index is 2.51. The van der Waals surface area contributed by atoms with Crippen LogP contribution in [0.3, 0.4) is 0 Å². The molecule has 0 aliphatic heterocycles. The normalized spacial score (nSPS) is 14.1. The fourth-order valence-electron chi connectivity index (χ4n) is 1.67. The van der Waals surface area contributed by atoms with Gasteiger partial charge in [0.15, 0.2) is 0 Å². The third-order valence-corrected chi connectivity index (χ3v) is 2.61. The lowest BCUT2D eigenvalue weighted by atomic mass is 10.1. The van der Waals surface area contributed by atoms with E-state index in [1.807, 2.05) is 13.8 Å². The topological polar surface area (TPSA) is 38.3 Å². The van der Waals surface area contributed by atoms with E-state index in [-0.39, 0.29) is 23.9 Å². The first kappa shape index (κ1) is 13.6. The molecule has 1 aromatic carbocycles. The molecule has 0 aromatic heterocycles. The van der Waals surface area contributed by atoms with E-state index in [0.717, 1.165) is 5.56 Å². The van der Waals surface area contributed by atoms with Crippen molar-refractivity contribution in [2.75, 3.05) is 7.11 Å². The molecule has 0 aliphatic rings. The average molecular weight is 239 g/mol. The zero-order valence-electron chi connectivity index (χ0n) is 10.4.